The molecule has 4 nitrogen and oxygen atoms in total. The van der Waals surface area contributed by atoms with Gasteiger partial charge >= 0.3 is 0 Å². The van der Waals surface area contributed by atoms with Gasteiger partial charge in [-0.1, -0.05) is 13.0 Å². The van der Waals surface area contributed by atoms with Gasteiger partial charge in [0.1, 0.15) is 0 Å². The molecule has 19 heavy (non-hydrogen) atoms. The quantitative estimate of drug-likeness (QED) is 0.864. The van der Waals surface area contributed by atoms with Gasteiger partial charge in [-0.25, -0.2) is 13.1 Å². The molecule has 5 heteroatoms. The molecule has 0 heterocycles. The van der Waals surface area contributed by atoms with E-state index in [9.17, 15) is 8.42 Å². The van der Waals surface area contributed by atoms with Gasteiger partial charge in [-0.2, -0.15) is 0 Å². The molecular weight excluding hydrogens is 260 g/mol. The van der Waals surface area contributed by atoms with Crippen molar-refractivity contribution in [3.05, 3.63) is 28.8 Å². The first-order valence-electron chi connectivity index (χ1n) is 6.62. The number of nitrogens with one attached hydrogen (secondary N) is 2. The molecule has 1 aliphatic rings. The molecule has 0 radical (unpaired) electrons. The van der Waals surface area contributed by atoms with Crippen molar-refractivity contribution in [3.8, 4) is 0 Å². The highest BCUT2D eigenvalue weighted by atomic mass is 32.2. The predicted octanol–water partition coefficient (Wildman–Crippen LogP) is 1.71. The molecule has 2 atom stereocenters. The average Bonchev–Trinajstić information content (AvgIpc) is 2.98. The van der Waals surface area contributed by atoms with Gasteiger partial charge in [-0.3, -0.25) is 0 Å². The van der Waals surface area contributed by atoms with Gasteiger partial charge in [-0.05, 0) is 56.0 Å². The fraction of sp³-hybridized carbons (Fsp3) is 0.571. The first-order chi connectivity index (χ1) is 8.85. The van der Waals surface area contributed by atoms with Crippen LogP contribution < -0.4 is 10.0 Å². The van der Waals surface area contributed by atoms with Crippen LogP contribution in [0, 0.1) is 19.8 Å². The van der Waals surface area contributed by atoms with Crippen LogP contribution in [0.4, 0.5) is 0 Å². The molecule has 0 amide bonds. The molecule has 0 spiro atoms. The summed E-state index contributed by atoms with van der Waals surface area (Å²) in [5.41, 5.74) is 2.84. The van der Waals surface area contributed by atoms with E-state index in [4.69, 9.17) is 0 Å². The molecule has 2 unspecified atom stereocenters. The maximum Gasteiger partial charge on any atom is 0.241 e. The van der Waals surface area contributed by atoms with Crippen molar-refractivity contribution in [1.82, 2.24) is 10.0 Å². The number of sulfonamides is 1. The number of hydrogen-bond acceptors (Lipinski definition) is 3. The molecule has 1 aromatic rings. The van der Waals surface area contributed by atoms with Crippen LogP contribution in [0.3, 0.4) is 0 Å². The van der Waals surface area contributed by atoms with Gasteiger partial charge in [0, 0.05) is 12.6 Å². The molecule has 0 aromatic heterocycles. The summed E-state index contributed by atoms with van der Waals surface area (Å²) in [5.74, 6) is 0.455. The monoisotopic (exact) mass is 282 g/mol. The number of hydrogen-bond donors (Lipinski definition) is 2. The Hall–Kier alpha value is -0.910. The van der Waals surface area contributed by atoms with E-state index in [-0.39, 0.29) is 6.04 Å². The fourth-order valence-electron chi connectivity index (χ4n) is 2.23. The topological polar surface area (TPSA) is 58.2 Å². The summed E-state index contributed by atoms with van der Waals surface area (Å²) in [6.45, 7) is 6.54. The Bertz CT molecular complexity index is 581. The van der Waals surface area contributed by atoms with Crippen LogP contribution in [0.25, 0.3) is 0 Å². The van der Waals surface area contributed by atoms with Crippen molar-refractivity contribution < 1.29 is 8.42 Å². The first kappa shape index (κ1) is 14.5. The van der Waals surface area contributed by atoms with Crippen LogP contribution >= 0.6 is 0 Å². The third-order valence-electron chi connectivity index (χ3n) is 3.77. The lowest BCUT2D eigenvalue weighted by Gasteiger charge is -2.13. The Morgan fingerprint density at radius 1 is 1.32 bits per heavy atom. The molecule has 0 aliphatic heterocycles. The summed E-state index contributed by atoms with van der Waals surface area (Å²) in [6, 6.07) is 3.91. The van der Waals surface area contributed by atoms with Crippen molar-refractivity contribution in [2.75, 3.05) is 7.05 Å². The predicted molar refractivity (Wildman–Crippen MR) is 76.6 cm³/mol. The van der Waals surface area contributed by atoms with Crippen molar-refractivity contribution in [2.24, 2.45) is 5.92 Å². The van der Waals surface area contributed by atoms with Crippen molar-refractivity contribution in [2.45, 2.75) is 44.7 Å². The zero-order chi connectivity index (χ0) is 14.2. The Morgan fingerprint density at radius 3 is 2.47 bits per heavy atom. The van der Waals surface area contributed by atoms with E-state index >= 15 is 0 Å². The van der Waals surface area contributed by atoms with E-state index in [2.05, 4.69) is 17.0 Å². The molecule has 2 rings (SSSR count). The minimum atomic E-state index is -3.40. The number of benzene rings is 1. The fourth-order valence-corrected chi connectivity index (χ4v) is 3.96. The molecule has 106 valence electrons. The molecule has 0 saturated heterocycles. The van der Waals surface area contributed by atoms with Crippen molar-refractivity contribution in [1.29, 1.82) is 0 Å². The smallest absolute Gasteiger partial charge is 0.241 e. The zero-order valence-corrected chi connectivity index (χ0v) is 12.8. The largest absolute Gasteiger partial charge is 0.316 e. The van der Waals surface area contributed by atoms with Crippen LogP contribution in [0.2, 0.25) is 0 Å². The highest BCUT2D eigenvalue weighted by molar-refractivity contribution is 7.89. The van der Waals surface area contributed by atoms with E-state index in [1.165, 1.54) is 0 Å². The zero-order valence-electron chi connectivity index (χ0n) is 11.9. The maximum absolute atomic E-state index is 12.4. The van der Waals surface area contributed by atoms with E-state index in [0.29, 0.717) is 17.4 Å². The van der Waals surface area contributed by atoms with E-state index in [1.807, 2.05) is 27.0 Å². The minimum Gasteiger partial charge on any atom is -0.316 e. The van der Waals surface area contributed by atoms with Gasteiger partial charge < -0.3 is 5.32 Å². The Balaban J connectivity index is 2.36. The van der Waals surface area contributed by atoms with E-state index in [1.54, 1.807) is 6.07 Å². The molecule has 1 saturated carbocycles. The maximum atomic E-state index is 12.4. The van der Waals surface area contributed by atoms with Crippen LogP contribution in [-0.4, -0.2) is 21.5 Å². The van der Waals surface area contributed by atoms with Gasteiger partial charge in [0.25, 0.3) is 0 Å². The normalized spacial score (nSPS) is 22.5. The van der Waals surface area contributed by atoms with Crippen LogP contribution in [0.5, 0.6) is 0 Å². The summed E-state index contributed by atoms with van der Waals surface area (Å²) >= 11 is 0. The summed E-state index contributed by atoms with van der Waals surface area (Å²) in [5, 5.41) is 3.05. The van der Waals surface area contributed by atoms with E-state index in [0.717, 1.165) is 23.1 Å². The first-order valence-corrected chi connectivity index (χ1v) is 8.10. The lowest BCUT2D eigenvalue weighted by molar-refractivity contribution is 0.577. The lowest BCUT2D eigenvalue weighted by atomic mass is 10.1. The van der Waals surface area contributed by atoms with Gasteiger partial charge in [0.2, 0.25) is 10.0 Å². The van der Waals surface area contributed by atoms with Crippen LogP contribution in [-0.2, 0) is 16.6 Å². The van der Waals surface area contributed by atoms with Gasteiger partial charge in [0.15, 0.2) is 0 Å². The van der Waals surface area contributed by atoms with Crippen molar-refractivity contribution in [3.63, 3.8) is 0 Å². The minimum absolute atomic E-state index is 0.109. The highest BCUT2D eigenvalue weighted by Gasteiger charge is 2.36. The SMILES string of the molecule is CNCc1cc(C)c(C)c(S(=O)(=O)NC2CC2C)c1. The van der Waals surface area contributed by atoms with Crippen LogP contribution in [0.1, 0.15) is 30.0 Å². The van der Waals surface area contributed by atoms with Crippen molar-refractivity contribution >= 4 is 10.0 Å². The Kier molecular flexibility index (Phi) is 3.99. The summed E-state index contributed by atoms with van der Waals surface area (Å²) < 4.78 is 27.6. The second kappa shape index (κ2) is 5.23. The Labute approximate surface area is 115 Å². The highest BCUT2D eigenvalue weighted by Crippen LogP contribution is 2.31. The standard InChI is InChI=1S/C14H22N2O2S/c1-9-5-12(8-15-4)7-14(11(9)3)19(17,18)16-13-6-10(13)2/h5,7,10,13,15-16H,6,8H2,1-4H3. The summed E-state index contributed by atoms with van der Waals surface area (Å²) in [4.78, 5) is 0.414. The molecule has 1 aromatic carbocycles. The molecule has 1 fully saturated rings. The van der Waals surface area contributed by atoms with Crippen LogP contribution in [0.15, 0.2) is 17.0 Å². The summed E-state index contributed by atoms with van der Waals surface area (Å²) in [6.07, 6.45) is 0.938. The Morgan fingerprint density at radius 2 is 1.95 bits per heavy atom. The second-order valence-electron chi connectivity index (χ2n) is 5.51. The second-order valence-corrected chi connectivity index (χ2v) is 7.19. The van der Waals surface area contributed by atoms with E-state index < -0.39 is 10.0 Å². The summed E-state index contributed by atoms with van der Waals surface area (Å²) in [7, 11) is -1.55. The van der Waals surface area contributed by atoms with Gasteiger partial charge in [0.05, 0.1) is 4.90 Å². The average molecular weight is 282 g/mol. The lowest BCUT2D eigenvalue weighted by Crippen LogP contribution is -2.28. The molecule has 0 bridgehead atoms. The number of aryl methyl sites for hydroxylation is 1. The number of rotatable bonds is 5. The van der Waals surface area contributed by atoms with Gasteiger partial charge in [-0.15, -0.1) is 0 Å². The molecule has 1 aliphatic carbocycles. The third kappa shape index (κ3) is 3.16. The third-order valence-corrected chi connectivity index (χ3v) is 5.38. The molecule has 2 N–H and O–H groups in total. The molecular formula is C14H22N2O2S.